The molecule has 6 heteroatoms. The third kappa shape index (κ3) is 1.34. The Kier molecular flexibility index (Phi) is 2.78. The van der Waals surface area contributed by atoms with E-state index in [4.69, 9.17) is 10.5 Å². The molecule has 0 heterocycles. The van der Waals surface area contributed by atoms with Crippen molar-refractivity contribution >= 4 is 15.9 Å². The Balaban J connectivity index is 3.79. The molecule has 0 aliphatic heterocycles. The molecule has 14 heavy (non-hydrogen) atoms. The molecule has 0 bridgehead atoms. The van der Waals surface area contributed by atoms with Gasteiger partial charge in [-0.15, -0.1) is 0 Å². The molecule has 0 unspecified atom stereocenters. The fraction of sp³-hybridized carbons (Fsp3) is 0. The van der Waals surface area contributed by atoms with E-state index in [0.29, 0.717) is 0 Å². The lowest BCUT2D eigenvalue weighted by Gasteiger charge is -2.02. The lowest BCUT2D eigenvalue weighted by Crippen LogP contribution is -2.00. The fourth-order valence-corrected chi connectivity index (χ4v) is 1.21. The second-order valence-electron chi connectivity index (χ2n) is 2.23. The van der Waals surface area contributed by atoms with Crippen LogP contribution in [0.1, 0.15) is 11.1 Å². The normalized spacial score (nSPS) is 9.29. The highest BCUT2D eigenvalue weighted by molar-refractivity contribution is 9.10. The van der Waals surface area contributed by atoms with Gasteiger partial charge in [0.15, 0.2) is 17.5 Å². The van der Waals surface area contributed by atoms with Crippen molar-refractivity contribution in [1.82, 2.24) is 0 Å². The van der Waals surface area contributed by atoms with Crippen molar-refractivity contribution < 1.29 is 13.2 Å². The first-order valence-electron chi connectivity index (χ1n) is 3.20. The molecular formula is C8BrF3N2. The number of nitrogens with zero attached hydrogens (tertiary/aromatic N) is 2. The topological polar surface area (TPSA) is 47.6 Å². The van der Waals surface area contributed by atoms with Crippen molar-refractivity contribution in [2.24, 2.45) is 0 Å². The van der Waals surface area contributed by atoms with Gasteiger partial charge in [0.1, 0.15) is 23.3 Å². The minimum Gasteiger partial charge on any atom is -0.204 e. The zero-order valence-electron chi connectivity index (χ0n) is 6.41. The molecule has 0 saturated heterocycles. The molecule has 0 aliphatic carbocycles. The SMILES string of the molecule is N#Cc1c(F)c(F)c(Br)c(F)c1C#N. The second kappa shape index (κ2) is 3.69. The van der Waals surface area contributed by atoms with Crippen LogP contribution in [0.4, 0.5) is 13.2 Å². The quantitative estimate of drug-likeness (QED) is 0.532. The van der Waals surface area contributed by atoms with Gasteiger partial charge in [0, 0.05) is 0 Å². The van der Waals surface area contributed by atoms with E-state index in [1.807, 2.05) is 0 Å². The maximum Gasteiger partial charge on any atom is 0.179 e. The molecule has 0 spiro atoms. The smallest absolute Gasteiger partial charge is 0.179 e. The molecule has 0 amide bonds. The molecule has 1 aromatic rings. The summed E-state index contributed by atoms with van der Waals surface area (Å²) in [5.74, 6) is -4.32. The highest BCUT2D eigenvalue weighted by Crippen LogP contribution is 2.28. The maximum absolute atomic E-state index is 13.1. The van der Waals surface area contributed by atoms with Crippen LogP contribution in [0.5, 0.6) is 0 Å². The Bertz CT molecular complexity index is 440. The predicted molar refractivity (Wildman–Crippen MR) is 43.4 cm³/mol. The van der Waals surface area contributed by atoms with Gasteiger partial charge in [0.2, 0.25) is 0 Å². The molecule has 0 fully saturated rings. The van der Waals surface area contributed by atoms with Gasteiger partial charge in [-0.25, -0.2) is 13.2 Å². The van der Waals surface area contributed by atoms with Gasteiger partial charge in [-0.3, -0.25) is 0 Å². The van der Waals surface area contributed by atoms with Gasteiger partial charge >= 0.3 is 0 Å². The number of nitriles is 2. The zero-order valence-corrected chi connectivity index (χ0v) is 7.99. The molecule has 0 atom stereocenters. The Morgan fingerprint density at radius 3 is 1.71 bits per heavy atom. The number of benzene rings is 1. The molecular weight excluding hydrogens is 261 g/mol. The Labute approximate surface area is 85.3 Å². The first-order valence-corrected chi connectivity index (χ1v) is 4.00. The molecule has 70 valence electrons. The van der Waals surface area contributed by atoms with E-state index in [1.54, 1.807) is 0 Å². The highest BCUT2D eigenvalue weighted by Gasteiger charge is 2.23. The molecule has 0 aliphatic rings. The summed E-state index contributed by atoms with van der Waals surface area (Å²) in [7, 11) is 0. The summed E-state index contributed by atoms with van der Waals surface area (Å²) in [6.07, 6.45) is 0. The van der Waals surface area contributed by atoms with Crippen LogP contribution < -0.4 is 0 Å². The van der Waals surface area contributed by atoms with E-state index >= 15 is 0 Å². The van der Waals surface area contributed by atoms with Crippen LogP contribution in [0.25, 0.3) is 0 Å². The third-order valence-corrected chi connectivity index (χ3v) is 2.19. The molecule has 2 nitrogen and oxygen atoms in total. The van der Waals surface area contributed by atoms with Gasteiger partial charge < -0.3 is 0 Å². The average Bonchev–Trinajstić information content (AvgIpc) is 2.20. The number of hydrogen-bond donors (Lipinski definition) is 0. The van der Waals surface area contributed by atoms with Crippen molar-refractivity contribution in [3.8, 4) is 12.1 Å². The minimum absolute atomic E-state index is 0.787. The molecule has 0 N–H and O–H groups in total. The van der Waals surface area contributed by atoms with Crippen molar-refractivity contribution in [3.05, 3.63) is 33.1 Å². The van der Waals surface area contributed by atoms with E-state index < -0.39 is 33.1 Å². The number of rotatable bonds is 0. The summed E-state index contributed by atoms with van der Waals surface area (Å²) in [5.41, 5.74) is -1.73. The first-order chi connectivity index (χ1) is 6.54. The summed E-state index contributed by atoms with van der Waals surface area (Å²) >= 11 is 2.43. The van der Waals surface area contributed by atoms with Crippen LogP contribution >= 0.6 is 15.9 Å². The molecule has 0 saturated carbocycles. The van der Waals surface area contributed by atoms with Gasteiger partial charge in [0.25, 0.3) is 0 Å². The van der Waals surface area contributed by atoms with E-state index in [1.165, 1.54) is 12.1 Å². The standard InChI is InChI=1S/C8BrF3N2/c9-5-6(10)3(1-13)4(2-14)7(11)8(5)12. The molecule has 0 aromatic heterocycles. The number of hydrogen-bond acceptors (Lipinski definition) is 2. The van der Waals surface area contributed by atoms with Crippen molar-refractivity contribution in [2.45, 2.75) is 0 Å². The van der Waals surface area contributed by atoms with Gasteiger partial charge in [-0.2, -0.15) is 10.5 Å². The first kappa shape index (κ1) is 10.6. The summed E-state index contributed by atoms with van der Waals surface area (Å²) in [6.45, 7) is 0. The summed E-state index contributed by atoms with van der Waals surface area (Å²) in [5, 5.41) is 16.8. The Hall–Kier alpha value is -1.53. The molecule has 1 aromatic carbocycles. The minimum atomic E-state index is -1.53. The van der Waals surface area contributed by atoms with Crippen LogP contribution in [0.2, 0.25) is 0 Å². The van der Waals surface area contributed by atoms with Crippen LogP contribution in [-0.4, -0.2) is 0 Å². The van der Waals surface area contributed by atoms with Gasteiger partial charge in [0.05, 0.1) is 4.47 Å². The van der Waals surface area contributed by atoms with Crippen molar-refractivity contribution in [2.75, 3.05) is 0 Å². The van der Waals surface area contributed by atoms with Gasteiger partial charge in [-0.1, -0.05) is 0 Å². The van der Waals surface area contributed by atoms with Crippen LogP contribution in [0.15, 0.2) is 4.47 Å². The fourth-order valence-electron chi connectivity index (χ4n) is 0.842. The van der Waals surface area contributed by atoms with Crippen LogP contribution in [0, 0.1) is 40.1 Å². The maximum atomic E-state index is 13.1. The monoisotopic (exact) mass is 260 g/mol. The summed E-state index contributed by atoms with van der Waals surface area (Å²) < 4.78 is 38.1. The lowest BCUT2D eigenvalue weighted by molar-refractivity contribution is 0.484. The van der Waals surface area contributed by atoms with E-state index in [9.17, 15) is 13.2 Å². The van der Waals surface area contributed by atoms with Crippen LogP contribution in [-0.2, 0) is 0 Å². The Morgan fingerprint density at radius 1 is 0.857 bits per heavy atom. The summed E-state index contributed by atoms with van der Waals surface area (Å²) in [4.78, 5) is 0. The van der Waals surface area contributed by atoms with Gasteiger partial charge in [-0.05, 0) is 15.9 Å². The van der Waals surface area contributed by atoms with Crippen molar-refractivity contribution in [3.63, 3.8) is 0 Å². The molecule has 1 rings (SSSR count). The highest BCUT2D eigenvalue weighted by atomic mass is 79.9. The Morgan fingerprint density at radius 2 is 1.29 bits per heavy atom. The van der Waals surface area contributed by atoms with E-state index in [-0.39, 0.29) is 0 Å². The zero-order chi connectivity index (χ0) is 10.9. The van der Waals surface area contributed by atoms with E-state index in [2.05, 4.69) is 15.9 Å². The predicted octanol–water partition coefficient (Wildman–Crippen LogP) is 2.61. The lowest BCUT2D eigenvalue weighted by atomic mass is 10.1. The summed E-state index contributed by atoms with van der Waals surface area (Å²) in [6, 6.07) is 2.51. The second-order valence-corrected chi connectivity index (χ2v) is 3.02. The average molecular weight is 261 g/mol. The van der Waals surface area contributed by atoms with Crippen LogP contribution in [0.3, 0.4) is 0 Å². The molecule has 0 radical (unpaired) electrons. The number of halogens is 4. The third-order valence-electron chi connectivity index (χ3n) is 1.49. The van der Waals surface area contributed by atoms with E-state index in [0.717, 1.165) is 0 Å². The van der Waals surface area contributed by atoms with Crippen molar-refractivity contribution in [1.29, 1.82) is 10.5 Å². The largest absolute Gasteiger partial charge is 0.204 e.